The van der Waals surface area contributed by atoms with Gasteiger partial charge in [-0.15, -0.1) is 0 Å². The van der Waals surface area contributed by atoms with Crippen LogP contribution < -0.4 is 19.1 Å². The summed E-state index contributed by atoms with van der Waals surface area (Å²) in [5, 5.41) is 2.33. The molecule has 0 bridgehead atoms. The van der Waals surface area contributed by atoms with Crippen LogP contribution in [0.25, 0.3) is 44.3 Å². The van der Waals surface area contributed by atoms with Crippen LogP contribution >= 0.6 is 11.8 Å². The highest BCUT2D eigenvalue weighted by Crippen LogP contribution is 2.63. The molecule has 272 valence electrons. The molecule has 56 heavy (non-hydrogen) atoms. The molecule has 2 aliphatic heterocycles. The van der Waals surface area contributed by atoms with Gasteiger partial charge in [0.1, 0.15) is 17.3 Å². The van der Waals surface area contributed by atoms with E-state index in [9.17, 15) is 0 Å². The van der Waals surface area contributed by atoms with Crippen molar-refractivity contribution in [2.24, 2.45) is 7.05 Å². The molecular formula is C48H38N6OS. The van der Waals surface area contributed by atoms with E-state index in [0.717, 1.165) is 50.5 Å². The van der Waals surface area contributed by atoms with E-state index in [1.165, 1.54) is 48.8 Å². The zero-order valence-electron chi connectivity index (χ0n) is 31.8. The number of benzene rings is 6. The molecule has 0 aliphatic carbocycles. The van der Waals surface area contributed by atoms with Gasteiger partial charge >= 0.3 is 0 Å². The van der Waals surface area contributed by atoms with Gasteiger partial charge in [-0.2, -0.15) is 0 Å². The van der Waals surface area contributed by atoms with Gasteiger partial charge in [0, 0.05) is 83.5 Å². The molecule has 0 fully saturated rings. The van der Waals surface area contributed by atoms with E-state index in [0.29, 0.717) is 0 Å². The number of ether oxygens (including phenoxy) is 1. The first kappa shape index (κ1) is 32.9. The molecule has 0 N–H and O–H groups in total. The molecule has 0 saturated heterocycles. The average Bonchev–Trinajstić information content (AvgIpc) is 3.74. The van der Waals surface area contributed by atoms with Gasteiger partial charge in [-0.25, -0.2) is 4.98 Å². The van der Waals surface area contributed by atoms with Crippen LogP contribution in [0.4, 0.5) is 11.4 Å². The predicted molar refractivity (Wildman–Crippen MR) is 227 cm³/mol. The van der Waals surface area contributed by atoms with Gasteiger partial charge in [0.05, 0.1) is 40.2 Å². The molecule has 1 spiro atoms. The minimum atomic E-state index is -0.650. The van der Waals surface area contributed by atoms with Crippen LogP contribution in [0.2, 0.25) is 0 Å². The van der Waals surface area contributed by atoms with Crippen LogP contribution in [0.1, 0.15) is 22.3 Å². The van der Waals surface area contributed by atoms with Gasteiger partial charge in [-0.1, -0.05) is 72.4 Å². The van der Waals surface area contributed by atoms with Crippen LogP contribution in [0.5, 0.6) is 11.5 Å². The molecule has 0 radical (unpaired) electrons. The predicted octanol–water partition coefficient (Wildman–Crippen LogP) is 9.83. The van der Waals surface area contributed by atoms with Crippen molar-refractivity contribution in [3.8, 4) is 23.0 Å². The van der Waals surface area contributed by atoms with Crippen molar-refractivity contribution in [2.45, 2.75) is 15.2 Å². The SMILES string of the molecule is CN(C)c1cccc2c1C1(c3ccc(Oc4ccc5c6ccccc6n(-c6ccccn6)c5c4)cc3-n3[c-][n+](C)c4cccc1c43)c1c(cccc1N(C)C)S2. The number of aromatic nitrogens is 4. The summed E-state index contributed by atoms with van der Waals surface area (Å²) in [6.07, 6.45) is 5.53. The van der Waals surface area contributed by atoms with Crippen LogP contribution in [-0.2, 0) is 12.5 Å². The van der Waals surface area contributed by atoms with Crippen molar-refractivity contribution >= 4 is 56.0 Å². The van der Waals surface area contributed by atoms with Gasteiger partial charge < -0.3 is 23.7 Å². The highest BCUT2D eigenvalue weighted by Gasteiger charge is 2.51. The van der Waals surface area contributed by atoms with Gasteiger partial charge in [-0.3, -0.25) is 4.57 Å². The molecule has 0 unspecified atom stereocenters. The largest absolute Gasteiger partial charge is 0.458 e. The summed E-state index contributed by atoms with van der Waals surface area (Å²) in [5.41, 5.74) is 12.2. The highest BCUT2D eigenvalue weighted by molar-refractivity contribution is 7.99. The van der Waals surface area contributed by atoms with Gasteiger partial charge in [-0.05, 0) is 77.9 Å². The number of rotatable bonds is 5. The molecule has 6 aromatic carbocycles. The maximum absolute atomic E-state index is 6.88. The maximum atomic E-state index is 6.88. The Bertz CT molecular complexity index is 3010. The molecule has 0 saturated carbocycles. The maximum Gasteiger partial charge on any atom is 0.244 e. The second kappa shape index (κ2) is 12.0. The van der Waals surface area contributed by atoms with Crippen LogP contribution in [-0.4, -0.2) is 42.3 Å². The van der Waals surface area contributed by atoms with E-state index >= 15 is 0 Å². The fourth-order valence-electron chi connectivity index (χ4n) is 9.36. The molecule has 2 aliphatic rings. The summed E-state index contributed by atoms with van der Waals surface area (Å²) >= 11 is 1.87. The number of aryl methyl sites for hydroxylation is 1. The monoisotopic (exact) mass is 746 g/mol. The first-order valence-corrected chi connectivity index (χ1v) is 19.7. The number of imidazole rings is 1. The lowest BCUT2D eigenvalue weighted by molar-refractivity contribution is -0.649. The van der Waals surface area contributed by atoms with Gasteiger partial charge in [0.25, 0.3) is 0 Å². The minimum Gasteiger partial charge on any atom is -0.458 e. The van der Waals surface area contributed by atoms with E-state index in [2.05, 4.69) is 180 Å². The number of fused-ring (bicyclic) bond motifs is 11. The number of pyridine rings is 1. The molecule has 11 rings (SSSR count). The Labute approximate surface area is 329 Å². The molecule has 9 aromatic rings. The summed E-state index contributed by atoms with van der Waals surface area (Å²) in [6.45, 7) is 0. The van der Waals surface area contributed by atoms with Crippen molar-refractivity contribution in [3.63, 3.8) is 0 Å². The average molecular weight is 747 g/mol. The summed E-state index contributed by atoms with van der Waals surface area (Å²) in [6, 6.07) is 47.8. The number of nitrogens with zero attached hydrogens (tertiary/aromatic N) is 6. The van der Waals surface area contributed by atoms with Crippen molar-refractivity contribution in [3.05, 3.63) is 168 Å². The van der Waals surface area contributed by atoms with E-state index < -0.39 is 5.41 Å². The lowest BCUT2D eigenvalue weighted by Gasteiger charge is -2.48. The summed E-state index contributed by atoms with van der Waals surface area (Å²) in [5.74, 6) is 2.38. The van der Waals surface area contributed by atoms with E-state index in [-0.39, 0.29) is 0 Å². The van der Waals surface area contributed by atoms with Crippen molar-refractivity contribution in [1.82, 2.24) is 14.1 Å². The second-order valence-corrected chi connectivity index (χ2v) is 16.2. The van der Waals surface area contributed by atoms with E-state index in [4.69, 9.17) is 9.72 Å². The number of para-hydroxylation sites is 2. The number of anilines is 2. The smallest absolute Gasteiger partial charge is 0.244 e. The number of hydrogen-bond acceptors (Lipinski definition) is 5. The zero-order valence-corrected chi connectivity index (χ0v) is 32.6. The molecule has 7 nitrogen and oxygen atoms in total. The molecule has 0 atom stereocenters. The van der Waals surface area contributed by atoms with Crippen molar-refractivity contribution in [1.29, 1.82) is 0 Å². The first-order chi connectivity index (χ1) is 27.3. The standard InChI is InChI=1S/C48H38N6OS/c1-50(2)37-16-11-19-42-45(37)48(46-38(51(3)4)17-12-20-43(46)56-42)34-25-23-31(28-41(34)53-29-52(5)39-18-10-14-35(48)47(39)53)55-30-22-24-33-32-13-6-7-15-36(32)54(40(33)27-30)44-21-8-9-26-49-44/h6-28H,1-5H3. The number of hydrogen-bond donors (Lipinski definition) is 0. The normalized spacial score (nSPS) is 13.5. The third-order valence-corrected chi connectivity index (χ3v) is 12.7. The van der Waals surface area contributed by atoms with E-state index in [1.807, 2.05) is 36.2 Å². The van der Waals surface area contributed by atoms with Crippen molar-refractivity contribution in [2.75, 3.05) is 38.0 Å². The topological polar surface area (TPSA) is 42.3 Å². The Balaban J connectivity index is 1.18. The van der Waals surface area contributed by atoms with Crippen molar-refractivity contribution < 1.29 is 9.30 Å². The van der Waals surface area contributed by atoms with Gasteiger partial charge in [0.15, 0.2) is 0 Å². The summed E-state index contributed by atoms with van der Waals surface area (Å²) in [4.78, 5) is 11.8. The second-order valence-electron chi connectivity index (χ2n) is 15.1. The van der Waals surface area contributed by atoms with Crippen LogP contribution in [0.3, 0.4) is 0 Å². The Hall–Kier alpha value is -6.51. The molecule has 8 heteroatoms. The van der Waals surface area contributed by atoms with E-state index in [1.54, 1.807) is 0 Å². The minimum absolute atomic E-state index is 0.650. The Morgan fingerprint density at radius 3 is 2.07 bits per heavy atom. The summed E-state index contributed by atoms with van der Waals surface area (Å²) < 4.78 is 13.5. The Kier molecular flexibility index (Phi) is 7.04. The fraction of sp³-hybridized carbons (Fsp3) is 0.125. The van der Waals surface area contributed by atoms with Crippen LogP contribution in [0, 0.1) is 6.33 Å². The third-order valence-electron chi connectivity index (χ3n) is 11.6. The first-order valence-electron chi connectivity index (χ1n) is 18.8. The fourth-order valence-corrected chi connectivity index (χ4v) is 10.6. The van der Waals surface area contributed by atoms with Gasteiger partial charge in [0.2, 0.25) is 6.33 Å². The third kappa shape index (κ3) is 4.41. The quantitative estimate of drug-likeness (QED) is 0.130. The Morgan fingerprint density at radius 2 is 1.34 bits per heavy atom. The lowest BCUT2D eigenvalue weighted by atomic mass is 9.61. The molecular weight excluding hydrogens is 709 g/mol. The highest BCUT2D eigenvalue weighted by atomic mass is 32.2. The molecule has 3 aromatic heterocycles. The molecule has 0 amide bonds. The zero-order chi connectivity index (χ0) is 37.9. The summed E-state index contributed by atoms with van der Waals surface area (Å²) in [7, 11) is 10.7. The van der Waals surface area contributed by atoms with Crippen LogP contribution in [0.15, 0.2) is 149 Å². The molecule has 5 heterocycles. The lowest BCUT2D eigenvalue weighted by Crippen LogP contribution is -2.40. The Morgan fingerprint density at radius 1 is 0.661 bits per heavy atom.